The summed E-state index contributed by atoms with van der Waals surface area (Å²) in [5.74, 6) is -0.914. The van der Waals surface area contributed by atoms with Gasteiger partial charge in [-0.3, -0.25) is 13.9 Å². The zero-order valence-corrected chi connectivity index (χ0v) is 25.1. The van der Waals surface area contributed by atoms with Gasteiger partial charge in [0.2, 0.25) is 11.8 Å². The zero-order chi connectivity index (χ0) is 30.3. The molecule has 3 aromatic rings. The van der Waals surface area contributed by atoms with E-state index in [-0.39, 0.29) is 29.1 Å². The van der Waals surface area contributed by atoms with Gasteiger partial charge in [0.1, 0.15) is 24.2 Å². The standard InChI is InChI=1S/C32H38FN3O5S/c1-23-9-7-8-10-25(23)21-35(24(2)32(38)34-27-11-5-4-6-12-27)31(37)22-36(28-15-13-26(33)14-16-28)42(39,40)30-19-17-29(41-3)18-20-30/h7-10,13-20,24,27H,4-6,11-12,21-22H2,1-3H3,(H,34,38)/t24-/m0/s1. The second kappa shape index (κ2) is 13.8. The molecule has 1 saturated carbocycles. The van der Waals surface area contributed by atoms with Crippen LogP contribution < -0.4 is 14.4 Å². The molecule has 0 aromatic heterocycles. The maximum Gasteiger partial charge on any atom is 0.264 e. The fourth-order valence-electron chi connectivity index (χ4n) is 5.13. The molecular weight excluding hydrogens is 557 g/mol. The molecule has 0 saturated heterocycles. The van der Waals surface area contributed by atoms with E-state index in [4.69, 9.17) is 4.74 Å². The maximum atomic E-state index is 14.1. The van der Waals surface area contributed by atoms with E-state index in [0.717, 1.165) is 59.7 Å². The normalized spacial score (nSPS) is 14.6. The van der Waals surface area contributed by atoms with Crippen LogP contribution in [0.3, 0.4) is 0 Å². The van der Waals surface area contributed by atoms with Crippen LogP contribution in [0, 0.1) is 12.7 Å². The number of aryl methyl sites for hydroxylation is 1. The van der Waals surface area contributed by atoms with Gasteiger partial charge < -0.3 is 15.0 Å². The zero-order valence-electron chi connectivity index (χ0n) is 24.3. The number of benzene rings is 3. The van der Waals surface area contributed by atoms with Crippen molar-refractivity contribution in [2.75, 3.05) is 18.0 Å². The summed E-state index contributed by atoms with van der Waals surface area (Å²) in [6.07, 6.45) is 5.01. The minimum absolute atomic E-state index is 0.0512. The van der Waals surface area contributed by atoms with E-state index in [2.05, 4.69) is 5.32 Å². The molecule has 0 bridgehead atoms. The summed E-state index contributed by atoms with van der Waals surface area (Å²) in [6.45, 7) is 3.11. The predicted molar refractivity (Wildman–Crippen MR) is 160 cm³/mol. The van der Waals surface area contributed by atoms with Gasteiger partial charge in [0.25, 0.3) is 10.0 Å². The SMILES string of the molecule is COc1ccc(S(=O)(=O)N(CC(=O)N(Cc2ccccc2C)[C@@H](C)C(=O)NC2CCCCC2)c2ccc(F)cc2)cc1. The predicted octanol–water partition coefficient (Wildman–Crippen LogP) is 5.20. The molecule has 224 valence electrons. The van der Waals surface area contributed by atoms with Crippen molar-refractivity contribution in [3.63, 3.8) is 0 Å². The van der Waals surface area contributed by atoms with Gasteiger partial charge in [-0.1, -0.05) is 43.5 Å². The first-order chi connectivity index (χ1) is 20.1. The summed E-state index contributed by atoms with van der Waals surface area (Å²) in [5.41, 5.74) is 1.90. The third-order valence-electron chi connectivity index (χ3n) is 7.76. The molecule has 1 atom stereocenters. The molecule has 1 aliphatic carbocycles. The molecule has 10 heteroatoms. The number of amides is 2. The Kier molecular flexibility index (Phi) is 10.2. The quantitative estimate of drug-likeness (QED) is 0.329. The fourth-order valence-corrected chi connectivity index (χ4v) is 6.55. The van der Waals surface area contributed by atoms with Crippen LogP contribution in [0.4, 0.5) is 10.1 Å². The molecule has 0 unspecified atom stereocenters. The Morgan fingerprint density at radius 1 is 0.976 bits per heavy atom. The van der Waals surface area contributed by atoms with Crippen LogP contribution in [0.2, 0.25) is 0 Å². The lowest BCUT2D eigenvalue weighted by Gasteiger charge is -2.33. The first kappa shape index (κ1) is 31.0. The molecule has 42 heavy (non-hydrogen) atoms. The molecule has 2 amide bonds. The molecular formula is C32H38FN3O5S. The van der Waals surface area contributed by atoms with Crippen molar-refractivity contribution in [3.05, 3.63) is 89.7 Å². The van der Waals surface area contributed by atoms with Crippen molar-refractivity contribution in [1.82, 2.24) is 10.2 Å². The van der Waals surface area contributed by atoms with Gasteiger partial charge in [0.15, 0.2) is 0 Å². The number of methoxy groups -OCH3 is 1. The van der Waals surface area contributed by atoms with Crippen molar-refractivity contribution in [2.45, 2.75) is 69.5 Å². The Hall–Kier alpha value is -3.92. The Bertz CT molecular complexity index is 1470. The first-order valence-corrected chi connectivity index (χ1v) is 15.6. The number of carbonyl (C=O) groups excluding carboxylic acids is 2. The van der Waals surface area contributed by atoms with Crippen molar-refractivity contribution >= 4 is 27.5 Å². The van der Waals surface area contributed by atoms with E-state index < -0.39 is 34.3 Å². The van der Waals surface area contributed by atoms with Crippen LogP contribution >= 0.6 is 0 Å². The minimum Gasteiger partial charge on any atom is -0.497 e. The summed E-state index contributed by atoms with van der Waals surface area (Å²) >= 11 is 0. The second-order valence-corrected chi connectivity index (χ2v) is 12.5. The summed E-state index contributed by atoms with van der Waals surface area (Å²) < 4.78 is 47.7. The molecule has 1 N–H and O–H groups in total. The van der Waals surface area contributed by atoms with Crippen molar-refractivity contribution in [2.24, 2.45) is 0 Å². The highest BCUT2D eigenvalue weighted by Crippen LogP contribution is 2.26. The molecule has 0 radical (unpaired) electrons. The van der Waals surface area contributed by atoms with E-state index in [0.29, 0.717) is 5.75 Å². The smallest absolute Gasteiger partial charge is 0.264 e. The summed E-state index contributed by atoms with van der Waals surface area (Å²) in [5, 5.41) is 3.09. The van der Waals surface area contributed by atoms with E-state index in [1.807, 2.05) is 31.2 Å². The average molecular weight is 596 g/mol. The van der Waals surface area contributed by atoms with Crippen molar-refractivity contribution in [3.8, 4) is 5.75 Å². The molecule has 1 aliphatic rings. The highest BCUT2D eigenvalue weighted by atomic mass is 32.2. The highest BCUT2D eigenvalue weighted by Gasteiger charge is 2.33. The van der Waals surface area contributed by atoms with Crippen LogP contribution in [-0.4, -0.2) is 50.9 Å². The van der Waals surface area contributed by atoms with Gasteiger partial charge in [-0.05, 0) is 86.3 Å². The van der Waals surface area contributed by atoms with Gasteiger partial charge >= 0.3 is 0 Å². The lowest BCUT2D eigenvalue weighted by atomic mass is 9.95. The monoisotopic (exact) mass is 595 g/mol. The lowest BCUT2D eigenvalue weighted by Crippen LogP contribution is -2.53. The van der Waals surface area contributed by atoms with Gasteiger partial charge in [-0.25, -0.2) is 12.8 Å². The fraction of sp³-hybridized carbons (Fsp3) is 0.375. The van der Waals surface area contributed by atoms with Crippen molar-refractivity contribution in [1.29, 1.82) is 0 Å². The van der Waals surface area contributed by atoms with E-state index in [1.165, 1.54) is 48.4 Å². The van der Waals surface area contributed by atoms with E-state index in [9.17, 15) is 22.4 Å². The summed E-state index contributed by atoms with van der Waals surface area (Å²) in [4.78, 5) is 28.8. The van der Waals surface area contributed by atoms with Crippen LogP contribution in [0.1, 0.15) is 50.2 Å². The molecule has 0 spiro atoms. The minimum atomic E-state index is -4.26. The third kappa shape index (κ3) is 7.47. The number of nitrogens with zero attached hydrogens (tertiary/aromatic N) is 2. The van der Waals surface area contributed by atoms with Gasteiger partial charge in [-0.15, -0.1) is 0 Å². The molecule has 1 fully saturated rings. The van der Waals surface area contributed by atoms with Crippen LogP contribution in [0.15, 0.2) is 77.7 Å². The molecule has 0 aliphatic heterocycles. The van der Waals surface area contributed by atoms with Gasteiger partial charge in [-0.2, -0.15) is 0 Å². The number of rotatable bonds is 11. The number of halogens is 1. The number of sulfonamides is 1. The molecule has 4 rings (SSSR count). The number of carbonyl (C=O) groups is 2. The third-order valence-corrected chi connectivity index (χ3v) is 9.55. The Labute approximate surface area is 247 Å². The number of hydrogen-bond donors (Lipinski definition) is 1. The van der Waals surface area contributed by atoms with Crippen LogP contribution in [0.5, 0.6) is 5.75 Å². The Balaban J connectivity index is 1.68. The van der Waals surface area contributed by atoms with E-state index in [1.54, 1.807) is 6.92 Å². The van der Waals surface area contributed by atoms with E-state index >= 15 is 0 Å². The summed E-state index contributed by atoms with van der Waals surface area (Å²) in [7, 11) is -2.79. The lowest BCUT2D eigenvalue weighted by molar-refractivity contribution is -0.139. The Morgan fingerprint density at radius 3 is 2.24 bits per heavy atom. The topological polar surface area (TPSA) is 96.0 Å². The number of hydrogen-bond acceptors (Lipinski definition) is 5. The van der Waals surface area contributed by atoms with Crippen LogP contribution in [0.25, 0.3) is 0 Å². The maximum absolute atomic E-state index is 14.1. The number of ether oxygens (including phenoxy) is 1. The second-order valence-electron chi connectivity index (χ2n) is 10.6. The van der Waals surface area contributed by atoms with Gasteiger partial charge in [0.05, 0.1) is 17.7 Å². The molecule has 3 aromatic carbocycles. The van der Waals surface area contributed by atoms with Crippen molar-refractivity contribution < 1.29 is 27.1 Å². The largest absolute Gasteiger partial charge is 0.497 e. The highest BCUT2D eigenvalue weighted by molar-refractivity contribution is 7.92. The molecule has 0 heterocycles. The van der Waals surface area contributed by atoms with Crippen LogP contribution in [-0.2, 0) is 26.2 Å². The summed E-state index contributed by atoms with van der Waals surface area (Å²) in [6, 6.07) is 17.5. The first-order valence-electron chi connectivity index (χ1n) is 14.2. The number of nitrogens with one attached hydrogen (secondary N) is 1. The average Bonchev–Trinajstić information content (AvgIpc) is 3.00. The Morgan fingerprint density at radius 2 is 1.62 bits per heavy atom. The molecule has 8 nitrogen and oxygen atoms in total. The van der Waals surface area contributed by atoms with Gasteiger partial charge in [0, 0.05) is 12.6 Å². The number of anilines is 1.